The molecule has 0 bridgehead atoms. The third-order valence-electron chi connectivity index (χ3n) is 3.03. The summed E-state index contributed by atoms with van der Waals surface area (Å²) in [4.78, 5) is 16.3. The van der Waals surface area contributed by atoms with E-state index in [1.807, 2.05) is 32.9 Å². The van der Waals surface area contributed by atoms with E-state index >= 15 is 0 Å². The summed E-state index contributed by atoms with van der Waals surface area (Å²) in [6.45, 7) is 9.49. The number of aromatic nitrogens is 1. The van der Waals surface area contributed by atoms with Crippen LogP contribution in [0.4, 0.5) is 5.69 Å². The van der Waals surface area contributed by atoms with Crippen LogP contribution in [0.25, 0.3) is 0 Å². The summed E-state index contributed by atoms with van der Waals surface area (Å²) in [5.41, 5.74) is 4.71. The number of anilines is 1. The Balaban J connectivity index is 2.32. The second kappa shape index (κ2) is 4.88. The summed E-state index contributed by atoms with van der Waals surface area (Å²) in [5.74, 6) is 0.519. The monoisotopic (exact) mass is 258 g/mol. The molecule has 0 unspecified atom stereocenters. The molecule has 2 aromatic rings. The molecule has 1 N–H and O–H groups in total. The third kappa shape index (κ3) is 2.67. The lowest BCUT2D eigenvalue weighted by Crippen LogP contribution is -2.14. The minimum Gasteiger partial charge on any atom is -0.436 e. The van der Waals surface area contributed by atoms with E-state index in [2.05, 4.69) is 10.3 Å². The normalized spacial score (nSPS) is 10.6. The summed E-state index contributed by atoms with van der Waals surface area (Å²) in [6, 6.07) is 4.09. The Kier molecular flexibility index (Phi) is 3.42. The molecule has 0 aliphatic carbocycles. The third-order valence-corrected chi connectivity index (χ3v) is 3.03. The Morgan fingerprint density at radius 1 is 1.11 bits per heavy atom. The molecule has 4 nitrogen and oxygen atoms in total. The fourth-order valence-electron chi connectivity index (χ4n) is 2.29. The van der Waals surface area contributed by atoms with Gasteiger partial charge in [0.25, 0.3) is 5.91 Å². The summed E-state index contributed by atoms with van der Waals surface area (Å²) in [7, 11) is 0. The fraction of sp³-hybridized carbons (Fsp3) is 0.333. The van der Waals surface area contributed by atoms with Crippen LogP contribution < -0.4 is 5.32 Å². The van der Waals surface area contributed by atoms with E-state index in [-0.39, 0.29) is 11.7 Å². The molecule has 0 aliphatic heterocycles. The minimum absolute atomic E-state index is 0.256. The molecule has 1 aromatic heterocycles. The Morgan fingerprint density at radius 3 is 2.16 bits per heavy atom. The van der Waals surface area contributed by atoms with Gasteiger partial charge in [-0.15, -0.1) is 0 Å². The molecule has 0 saturated carbocycles. The zero-order valence-electron chi connectivity index (χ0n) is 11.9. The van der Waals surface area contributed by atoms with Crippen LogP contribution in [0.3, 0.4) is 0 Å². The van der Waals surface area contributed by atoms with Crippen molar-refractivity contribution in [1.82, 2.24) is 4.98 Å². The fourth-order valence-corrected chi connectivity index (χ4v) is 2.29. The summed E-state index contributed by atoms with van der Waals surface area (Å²) >= 11 is 0. The molecule has 1 aromatic carbocycles. The van der Waals surface area contributed by atoms with Crippen LogP contribution in [0.1, 0.15) is 38.8 Å². The zero-order chi connectivity index (χ0) is 14.2. The van der Waals surface area contributed by atoms with E-state index in [1.165, 1.54) is 5.56 Å². The number of nitrogens with one attached hydrogen (secondary N) is 1. The topological polar surface area (TPSA) is 55.1 Å². The van der Waals surface area contributed by atoms with Gasteiger partial charge < -0.3 is 9.73 Å². The first-order valence-corrected chi connectivity index (χ1v) is 6.21. The van der Waals surface area contributed by atoms with Gasteiger partial charge in [0.2, 0.25) is 5.76 Å². The molecule has 0 saturated heterocycles. The number of oxazole rings is 1. The quantitative estimate of drug-likeness (QED) is 0.897. The van der Waals surface area contributed by atoms with Gasteiger partial charge in [-0.05, 0) is 38.8 Å². The highest BCUT2D eigenvalue weighted by Crippen LogP contribution is 2.23. The van der Waals surface area contributed by atoms with Gasteiger partial charge in [-0.1, -0.05) is 17.7 Å². The first-order chi connectivity index (χ1) is 8.88. The number of hydrogen-bond acceptors (Lipinski definition) is 3. The number of rotatable bonds is 2. The van der Waals surface area contributed by atoms with Crippen LogP contribution in [0.2, 0.25) is 0 Å². The number of hydrogen-bond donors (Lipinski definition) is 1. The van der Waals surface area contributed by atoms with Crippen molar-refractivity contribution in [3.63, 3.8) is 0 Å². The van der Waals surface area contributed by atoms with Crippen molar-refractivity contribution < 1.29 is 9.21 Å². The van der Waals surface area contributed by atoms with Crippen LogP contribution in [0.5, 0.6) is 0 Å². The maximum absolute atomic E-state index is 12.2. The molecule has 1 amide bonds. The van der Waals surface area contributed by atoms with Crippen molar-refractivity contribution in [3.05, 3.63) is 46.2 Å². The summed E-state index contributed by atoms with van der Waals surface area (Å²) < 4.78 is 5.33. The summed E-state index contributed by atoms with van der Waals surface area (Å²) in [6.07, 6.45) is 0. The predicted molar refractivity (Wildman–Crippen MR) is 74.6 cm³/mol. The van der Waals surface area contributed by atoms with Crippen molar-refractivity contribution in [1.29, 1.82) is 0 Å². The number of nitrogens with zero attached hydrogens (tertiary/aromatic N) is 1. The van der Waals surface area contributed by atoms with E-state index < -0.39 is 0 Å². The van der Waals surface area contributed by atoms with Crippen molar-refractivity contribution in [2.75, 3.05) is 5.32 Å². The van der Waals surface area contributed by atoms with Crippen LogP contribution in [0, 0.1) is 34.6 Å². The Labute approximate surface area is 112 Å². The van der Waals surface area contributed by atoms with Gasteiger partial charge in [0.05, 0.1) is 5.69 Å². The maximum atomic E-state index is 12.2. The number of carbonyl (C=O) groups excluding carboxylic acids is 1. The Hall–Kier alpha value is -2.10. The lowest BCUT2D eigenvalue weighted by molar-refractivity contribution is 0.0994. The van der Waals surface area contributed by atoms with Crippen molar-refractivity contribution in [3.8, 4) is 0 Å². The standard InChI is InChI=1S/C15H18N2O2/c1-8-6-9(2)13(10(3)7-8)17-15(18)14-11(4)16-12(5)19-14/h6-7H,1-5H3,(H,17,18). The van der Waals surface area contributed by atoms with Gasteiger partial charge in [-0.2, -0.15) is 0 Å². The molecule has 100 valence electrons. The maximum Gasteiger partial charge on any atom is 0.293 e. The van der Waals surface area contributed by atoms with Gasteiger partial charge >= 0.3 is 0 Å². The smallest absolute Gasteiger partial charge is 0.293 e. The van der Waals surface area contributed by atoms with Crippen molar-refractivity contribution in [2.45, 2.75) is 34.6 Å². The highest BCUT2D eigenvalue weighted by atomic mass is 16.4. The molecule has 2 rings (SSSR count). The lowest BCUT2D eigenvalue weighted by atomic mass is 10.1. The van der Waals surface area contributed by atoms with Crippen LogP contribution in [-0.4, -0.2) is 10.9 Å². The molecular weight excluding hydrogens is 240 g/mol. The number of aryl methyl sites for hydroxylation is 5. The van der Waals surface area contributed by atoms with Crippen LogP contribution in [-0.2, 0) is 0 Å². The van der Waals surface area contributed by atoms with Crippen LogP contribution >= 0.6 is 0 Å². The largest absolute Gasteiger partial charge is 0.436 e. The number of amides is 1. The molecular formula is C15H18N2O2. The number of carbonyl (C=O) groups is 1. The molecule has 4 heteroatoms. The van der Waals surface area contributed by atoms with Gasteiger partial charge in [0.1, 0.15) is 0 Å². The van der Waals surface area contributed by atoms with Crippen LogP contribution in [0.15, 0.2) is 16.5 Å². The van der Waals surface area contributed by atoms with Gasteiger partial charge in [-0.25, -0.2) is 4.98 Å². The minimum atomic E-state index is -0.256. The van der Waals surface area contributed by atoms with E-state index in [4.69, 9.17) is 4.42 Å². The highest BCUT2D eigenvalue weighted by molar-refractivity contribution is 6.03. The summed E-state index contributed by atoms with van der Waals surface area (Å²) in [5, 5.41) is 2.90. The van der Waals surface area contributed by atoms with Gasteiger partial charge in [-0.3, -0.25) is 4.79 Å². The lowest BCUT2D eigenvalue weighted by Gasteiger charge is -2.12. The van der Waals surface area contributed by atoms with E-state index in [9.17, 15) is 4.79 Å². The van der Waals surface area contributed by atoms with E-state index in [0.29, 0.717) is 11.6 Å². The SMILES string of the molecule is Cc1cc(C)c(NC(=O)c2oc(C)nc2C)c(C)c1. The second-order valence-corrected chi connectivity index (χ2v) is 4.88. The first-order valence-electron chi connectivity index (χ1n) is 6.21. The predicted octanol–water partition coefficient (Wildman–Crippen LogP) is 3.47. The molecule has 0 aliphatic rings. The van der Waals surface area contributed by atoms with Gasteiger partial charge in [0, 0.05) is 12.6 Å². The van der Waals surface area contributed by atoms with E-state index in [1.54, 1.807) is 13.8 Å². The molecule has 1 heterocycles. The number of benzene rings is 1. The molecule has 19 heavy (non-hydrogen) atoms. The first kappa shape index (κ1) is 13.3. The molecule has 0 atom stereocenters. The Morgan fingerprint density at radius 2 is 1.68 bits per heavy atom. The van der Waals surface area contributed by atoms with Crippen molar-refractivity contribution >= 4 is 11.6 Å². The second-order valence-electron chi connectivity index (χ2n) is 4.88. The van der Waals surface area contributed by atoms with Gasteiger partial charge in [0.15, 0.2) is 5.89 Å². The molecule has 0 spiro atoms. The molecule has 0 fully saturated rings. The zero-order valence-corrected chi connectivity index (χ0v) is 11.9. The molecule has 0 radical (unpaired) electrons. The average molecular weight is 258 g/mol. The highest BCUT2D eigenvalue weighted by Gasteiger charge is 2.17. The average Bonchev–Trinajstić information content (AvgIpc) is 2.62. The van der Waals surface area contributed by atoms with Crippen molar-refractivity contribution in [2.24, 2.45) is 0 Å². The Bertz CT molecular complexity index is 619. The van der Waals surface area contributed by atoms with E-state index in [0.717, 1.165) is 16.8 Å².